The summed E-state index contributed by atoms with van der Waals surface area (Å²) in [7, 11) is 0. The maximum Gasteiger partial charge on any atom is 0.410 e. The minimum absolute atomic E-state index is 0.0420. The van der Waals surface area contributed by atoms with E-state index in [1.54, 1.807) is 24.0 Å². The van der Waals surface area contributed by atoms with Crippen LogP contribution in [0.25, 0.3) is 15.5 Å². The highest BCUT2D eigenvalue weighted by Crippen LogP contribution is 2.31. The van der Waals surface area contributed by atoms with Gasteiger partial charge in [-0.1, -0.05) is 24.3 Å². The maximum absolute atomic E-state index is 13.0. The Morgan fingerprint density at radius 3 is 2.38 bits per heavy atom. The van der Waals surface area contributed by atoms with Gasteiger partial charge in [0.05, 0.1) is 6.61 Å². The highest BCUT2D eigenvalue weighted by Gasteiger charge is 2.27. The van der Waals surface area contributed by atoms with Crippen molar-refractivity contribution in [3.63, 3.8) is 0 Å². The van der Waals surface area contributed by atoms with E-state index in [9.17, 15) is 24.6 Å². The molecule has 210 valence electrons. The van der Waals surface area contributed by atoms with Gasteiger partial charge in [-0.2, -0.15) is 9.61 Å². The second-order valence-corrected chi connectivity index (χ2v) is 11.9. The number of Topliss-reactive ketones (excluding diaryl/α,β-unsaturated/α-hetero) is 1. The van der Waals surface area contributed by atoms with Crippen molar-refractivity contribution in [2.75, 3.05) is 37.7 Å². The summed E-state index contributed by atoms with van der Waals surface area (Å²) in [5, 5.41) is 25.4. The standard InChI is InChI=1S/C27H35N5O6S/c1-6-20(34)13-17-11-18(14-19(12-17)27(5,37)16-33)23-29-32-22(35)15-21(28-24(32)39-23)30-7-9-31(10-8-30)25(36)38-26(2,3)4/h11-12,14-15,33,37H,6-10,13,16H2,1-5H3. The van der Waals surface area contributed by atoms with Crippen LogP contribution >= 0.6 is 11.3 Å². The molecular weight excluding hydrogens is 522 g/mol. The van der Waals surface area contributed by atoms with Crippen molar-refractivity contribution in [2.24, 2.45) is 0 Å². The minimum atomic E-state index is -1.51. The van der Waals surface area contributed by atoms with Crippen molar-refractivity contribution >= 4 is 34.0 Å². The molecule has 11 nitrogen and oxygen atoms in total. The van der Waals surface area contributed by atoms with Crippen LogP contribution in [0.4, 0.5) is 10.6 Å². The molecule has 3 aromatic rings. The number of rotatable bonds is 7. The topological polar surface area (TPSA) is 138 Å². The number of carbonyl (C=O) groups is 2. The average Bonchev–Trinajstić information content (AvgIpc) is 3.32. The normalized spacial score (nSPS) is 15.9. The number of anilines is 1. The molecule has 2 aromatic heterocycles. The third-order valence-corrected chi connectivity index (χ3v) is 7.41. The Labute approximate surface area is 230 Å². The maximum atomic E-state index is 13.0. The molecule has 1 aliphatic rings. The Balaban J connectivity index is 1.62. The molecule has 0 saturated carbocycles. The van der Waals surface area contributed by atoms with E-state index in [-0.39, 0.29) is 23.9 Å². The van der Waals surface area contributed by atoms with Crippen LogP contribution < -0.4 is 10.5 Å². The molecule has 1 atom stereocenters. The van der Waals surface area contributed by atoms with E-state index < -0.39 is 17.8 Å². The van der Waals surface area contributed by atoms with Gasteiger partial charge in [0.2, 0.25) is 4.96 Å². The van der Waals surface area contributed by atoms with Gasteiger partial charge in [0.25, 0.3) is 5.56 Å². The number of benzene rings is 1. The lowest BCUT2D eigenvalue weighted by molar-refractivity contribution is -0.118. The van der Waals surface area contributed by atoms with Gasteiger partial charge in [-0.25, -0.2) is 9.78 Å². The summed E-state index contributed by atoms with van der Waals surface area (Å²) < 4.78 is 6.69. The minimum Gasteiger partial charge on any atom is -0.444 e. The second kappa shape index (κ2) is 11.0. The van der Waals surface area contributed by atoms with E-state index >= 15 is 0 Å². The van der Waals surface area contributed by atoms with Crippen LogP contribution in [0.5, 0.6) is 0 Å². The number of piperazine rings is 1. The Kier molecular flexibility index (Phi) is 8.10. The third kappa shape index (κ3) is 6.63. The molecule has 1 aromatic carbocycles. The number of carbonyl (C=O) groups excluding carboxylic acids is 2. The molecule has 0 spiro atoms. The van der Waals surface area contributed by atoms with Crippen molar-refractivity contribution in [2.45, 2.75) is 58.7 Å². The van der Waals surface area contributed by atoms with Gasteiger partial charge >= 0.3 is 6.09 Å². The van der Waals surface area contributed by atoms with Crippen molar-refractivity contribution in [1.29, 1.82) is 0 Å². The van der Waals surface area contributed by atoms with E-state index in [4.69, 9.17) is 4.74 Å². The number of hydrogen-bond acceptors (Lipinski definition) is 10. The zero-order valence-electron chi connectivity index (χ0n) is 22.9. The molecule has 1 fully saturated rings. The quantitative estimate of drug-likeness (QED) is 0.449. The van der Waals surface area contributed by atoms with E-state index in [0.717, 1.165) is 0 Å². The van der Waals surface area contributed by atoms with Crippen LogP contribution in [0.1, 0.15) is 52.2 Å². The number of hydrogen-bond donors (Lipinski definition) is 2. The summed E-state index contributed by atoms with van der Waals surface area (Å²) in [5.74, 6) is 0.547. The fourth-order valence-corrected chi connectivity index (χ4v) is 5.08. The SMILES string of the molecule is CCC(=O)Cc1cc(-c2nn3c(=O)cc(N4CCN(C(=O)OC(C)(C)C)CC4)nc3s2)cc(C(C)(O)CO)c1. The molecular formula is C27H35N5O6S. The lowest BCUT2D eigenvalue weighted by Crippen LogP contribution is -2.50. The van der Waals surface area contributed by atoms with Crippen LogP contribution in [0, 0.1) is 0 Å². The second-order valence-electron chi connectivity index (χ2n) is 10.9. The smallest absolute Gasteiger partial charge is 0.410 e. The summed E-state index contributed by atoms with van der Waals surface area (Å²) in [6.07, 6.45) is 0.201. The highest BCUT2D eigenvalue weighted by molar-refractivity contribution is 7.19. The first kappa shape index (κ1) is 28.7. The van der Waals surface area contributed by atoms with Crippen LogP contribution in [0.3, 0.4) is 0 Å². The fraction of sp³-hybridized carbons (Fsp3) is 0.519. The van der Waals surface area contributed by atoms with E-state index in [2.05, 4.69) is 10.1 Å². The number of aromatic nitrogens is 3. The average molecular weight is 558 g/mol. The van der Waals surface area contributed by atoms with E-state index in [1.807, 2.05) is 31.7 Å². The van der Waals surface area contributed by atoms with Crippen molar-refractivity contribution in [3.05, 3.63) is 45.7 Å². The first-order valence-electron chi connectivity index (χ1n) is 12.9. The van der Waals surface area contributed by atoms with Gasteiger partial charge in [0.1, 0.15) is 27.8 Å². The van der Waals surface area contributed by atoms with E-state index in [1.165, 1.54) is 28.8 Å². The lowest BCUT2D eigenvalue weighted by Gasteiger charge is -2.36. The van der Waals surface area contributed by atoms with Gasteiger partial charge in [0.15, 0.2) is 0 Å². The summed E-state index contributed by atoms with van der Waals surface area (Å²) in [4.78, 5) is 46.2. The molecule has 2 N–H and O–H groups in total. The monoisotopic (exact) mass is 557 g/mol. The van der Waals surface area contributed by atoms with Gasteiger partial charge < -0.3 is 24.7 Å². The zero-order chi connectivity index (χ0) is 28.5. The van der Waals surface area contributed by atoms with Gasteiger partial charge in [-0.05, 0) is 51.0 Å². The molecule has 1 aliphatic heterocycles. The molecule has 0 radical (unpaired) electrons. The van der Waals surface area contributed by atoms with Gasteiger partial charge in [-0.3, -0.25) is 9.59 Å². The molecule has 1 amide bonds. The van der Waals surface area contributed by atoms with Crippen LogP contribution in [-0.2, 0) is 21.6 Å². The predicted octanol–water partition coefficient (Wildman–Crippen LogP) is 2.60. The van der Waals surface area contributed by atoms with Gasteiger partial charge in [-0.15, -0.1) is 0 Å². The number of fused-ring (bicyclic) bond motifs is 1. The van der Waals surface area contributed by atoms with E-state index in [0.29, 0.717) is 65.1 Å². The van der Waals surface area contributed by atoms with Crippen molar-refractivity contribution < 1.29 is 24.5 Å². The number of nitrogens with zero attached hydrogens (tertiary/aromatic N) is 5. The van der Waals surface area contributed by atoms with Gasteiger partial charge in [0, 0.05) is 50.7 Å². The Hall–Kier alpha value is -3.35. The Morgan fingerprint density at radius 2 is 1.77 bits per heavy atom. The third-order valence-electron chi connectivity index (χ3n) is 6.45. The lowest BCUT2D eigenvalue weighted by atomic mass is 9.92. The number of amides is 1. The number of aliphatic hydroxyl groups excluding tert-OH is 1. The fourth-order valence-electron chi connectivity index (χ4n) is 4.19. The first-order valence-corrected chi connectivity index (χ1v) is 13.7. The molecule has 0 bridgehead atoms. The van der Waals surface area contributed by atoms with Crippen LogP contribution in [-0.4, -0.2) is 80.0 Å². The van der Waals surface area contributed by atoms with Crippen LogP contribution in [0.15, 0.2) is 29.1 Å². The molecule has 3 heterocycles. The highest BCUT2D eigenvalue weighted by atomic mass is 32.1. The molecule has 39 heavy (non-hydrogen) atoms. The summed E-state index contributed by atoms with van der Waals surface area (Å²) in [6.45, 7) is 10.2. The Bertz CT molecular complexity index is 1430. The summed E-state index contributed by atoms with van der Waals surface area (Å²) in [5.41, 5.74) is -0.676. The molecule has 0 aliphatic carbocycles. The molecule has 1 unspecified atom stereocenters. The first-order chi connectivity index (χ1) is 18.3. The summed E-state index contributed by atoms with van der Waals surface area (Å²) >= 11 is 1.22. The number of aliphatic hydroxyl groups is 2. The largest absolute Gasteiger partial charge is 0.444 e. The van der Waals surface area contributed by atoms with Crippen molar-refractivity contribution in [1.82, 2.24) is 19.5 Å². The molecule has 4 rings (SSSR count). The molecule has 1 saturated heterocycles. The summed E-state index contributed by atoms with van der Waals surface area (Å²) in [6, 6.07) is 6.65. The molecule has 12 heteroatoms. The zero-order valence-corrected chi connectivity index (χ0v) is 23.7. The predicted molar refractivity (Wildman–Crippen MR) is 148 cm³/mol. The number of ketones is 1. The van der Waals surface area contributed by atoms with Crippen molar-refractivity contribution in [3.8, 4) is 10.6 Å². The van der Waals surface area contributed by atoms with Crippen LogP contribution in [0.2, 0.25) is 0 Å². The number of ether oxygens (including phenoxy) is 1. The Morgan fingerprint density at radius 1 is 1.08 bits per heavy atom.